The van der Waals surface area contributed by atoms with Crippen LogP contribution in [0.15, 0.2) is 24.3 Å². The number of carboxylic acid groups (broad SMARTS) is 1. The van der Waals surface area contributed by atoms with Gasteiger partial charge in [0.05, 0.1) is 6.10 Å². The number of hydrogen-bond acceptors (Lipinski definition) is 2. The Morgan fingerprint density at radius 3 is 2.24 bits per heavy atom. The second kappa shape index (κ2) is 6.40. The number of hydrogen-bond donors (Lipinski definition) is 1. The lowest BCUT2D eigenvalue weighted by molar-refractivity contribution is -0.144. The van der Waals surface area contributed by atoms with Gasteiger partial charge >= 0.3 is 5.97 Å². The number of benzene rings is 1. The summed E-state index contributed by atoms with van der Waals surface area (Å²) < 4.78 is 5.22. The van der Waals surface area contributed by atoms with Gasteiger partial charge in [0.25, 0.3) is 0 Å². The van der Waals surface area contributed by atoms with Crippen LogP contribution in [0.3, 0.4) is 0 Å². The van der Waals surface area contributed by atoms with Gasteiger partial charge in [0, 0.05) is 0 Å². The van der Waals surface area contributed by atoms with E-state index in [4.69, 9.17) is 9.84 Å². The Balaban J connectivity index is 2.63. The summed E-state index contributed by atoms with van der Waals surface area (Å²) in [4.78, 5) is 10.4. The van der Waals surface area contributed by atoms with Crippen molar-refractivity contribution >= 4 is 5.97 Å². The zero-order valence-electron chi connectivity index (χ0n) is 10.6. The lowest BCUT2D eigenvalue weighted by atomic mass is 9.97. The van der Waals surface area contributed by atoms with Gasteiger partial charge in [-0.3, -0.25) is 0 Å². The molecular formula is C14H20O3. The van der Waals surface area contributed by atoms with Crippen LogP contribution in [0.4, 0.5) is 0 Å². The molecule has 0 aromatic heterocycles. The maximum atomic E-state index is 10.4. The van der Waals surface area contributed by atoms with Crippen LogP contribution < -0.4 is 0 Å². The van der Waals surface area contributed by atoms with E-state index >= 15 is 0 Å². The van der Waals surface area contributed by atoms with E-state index in [2.05, 4.69) is 26.0 Å². The fraction of sp³-hybridized carbons (Fsp3) is 0.500. The highest BCUT2D eigenvalue weighted by molar-refractivity contribution is 5.68. The molecule has 0 radical (unpaired) electrons. The van der Waals surface area contributed by atoms with Crippen molar-refractivity contribution in [1.82, 2.24) is 0 Å². The van der Waals surface area contributed by atoms with Crippen LogP contribution in [0.1, 0.15) is 50.3 Å². The summed E-state index contributed by atoms with van der Waals surface area (Å²) in [5, 5.41) is 8.53. The van der Waals surface area contributed by atoms with Gasteiger partial charge < -0.3 is 9.84 Å². The molecule has 0 heterocycles. The third-order valence-corrected chi connectivity index (χ3v) is 3.04. The lowest BCUT2D eigenvalue weighted by Gasteiger charge is -2.14. The molecule has 1 N–H and O–H groups in total. The Labute approximate surface area is 102 Å². The van der Waals surface area contributed by atoms with Crippen molar-refractivity contribution in [1.29, 1.82) is 0 Å². The van der Waals surface area contributed by atoms with Crippen molar-refractivity contribution in [3.8, 4) is 0 Å². The monoisotopic (exact) mass is 236 g/mol. The van der Waals surface area contributed by atoms with E-state index in [1.54, 1.807) is 0 Å². The molecule has 17 heavy (non-hydrogen) atoms. The molecule has 3 heteroatoms. The van der Waals surface area contributed by atoms with E-state index in [0.717, 1.165) is 12.0 Å². The van der Waals surface area contributed by atoms with Crippen molar-refractivity contribution in [2.24, 2.45) is 0 Å². The van der Waals surface area contributed by atoms with Gasteiger partial charge in [-0.05, 0) is 30.4 Å². The summed E-state index contributed by atoms with van der Waals surface area (Å²) in [6.45, 7) is 5.96. The van der Waals surface area contributed by atoms with Crippen LogP contribution in [0.2, 0.25) is 0 Å². The van der Waals surface area contributed by atoms with Gasteiger partial charge in [-0.15, -0.1) is 0 Å². The maximum Gasteiger partial charge on any atom is 0.329 e. The Bertz CT molecular complexity index is 356. The molecule has 94 valence electrons. The molecule has 3 nitrogen and oxygen atoms in total. The average molecular weight is 236 g/mol. The minimum atomic E-state index is -0.937. The molecule has 1 rings (SSSR count). The first-order valence-corrected chi connectivity index (χ1v) is 5.97. The molecule has 0 amide bonds. The number of aliphatic carboxylic acids is 1. The number of carboxylic acids is 1. The van der Waals surface area contributed by atoms with Crippen molar-refractivity contribution < 1.29 is 14.6 Å². The molecular weight excluding hydrogens is 216 g/mol. The fourth-order valence-corrected chi connectivity index (χ4v) is 1.62. The smallest absolute Gasteiger partial charge is 0.329 e. The largest absolute Gasteiger partial charge is 0.480 e. The van der Waals surface area contributed by atoms with Crippen molar-refractivity contribution in [2.75, 3.05) is 6.61 Å². The van der Waals surface area contributed by atoms with Gasteiger partial charge in [0.1, 0.15) is 6.61 Å². The predicted molar refractivity (Wildman–Crippen MR) is 67.2 cm³/mol. The van der Waals surface area contributed by atoms with Gasteiger partial charge in [0.2, 0.25) is 0 Å². The third-order valence-electron chi connectivity index (χ3n) is 3.04. The molecule has 0 spiro atoms. The molecule has 1 aromatic carbocycles. The van der Waals surface area contributed by atoms with Crippen LogP contribution >= 0.6 is 0 Å². The van der Waals surface area contributed by atoms with Gasteiger partial charge in [-0.2, -0.15) is 0 Å². The Kier molecular flexibility index (Phi) is 5.16. The fourth-order valence-electron chi connectivity index (χ4n) is 1.62. The standard InChI is InChI=1S/C14H20O3/c1-4-10(2)12-5-7-13(8-6-12)11(3)17-9-14(15)16/h5-8,10-11H,4,9H2,1-3H3,(H,15,16). The summed E-state index contributed by atoms with van der Waals surface area (Å²) in [6.07, 6.45) is 0.932. The second-order valence-electron chi connectivity index (χ2n) is 4.32. The SMILES string of the molecule is CCC(C)c1ccc(C(C)OCC(=O)O)cc1. The highest BCUT2D eigenvalue weighted by Gasteiger charge is 2.09. The number of carbonyl (C=O) groups is 1. The summed E-state index contributed by atoms with van der Waals surface area (Å²) in [5.41, 5.74) is 2.32. The quantitative estimate of drug-likeness (QED) is 0.823. The third kappa shape index (κ3) is 4.19. The highest BCUT2D eigenvalue weighted by atomic mass is 16.5. The lowest BCUT2D eigenvalue weighted by Crippen LogP contribution is -2.10. The van der Waals surface area contributed by atoms with Crippen LogP contribution in [0.25, 0.3) is 0 Å². The Morgan fingerprint density at radius 1 is 1.24 bits per heavy atom. The summed E-state index contributed by atoms with van der Waals surface area (Å²) >= 11 is 0. The van der Waals surface area contributed by atoms with Crippen molar-refractivity contribution in [2.45, 2.75) is 39.2 Å². The van der Waals surface area contributed by atoms with E-state index in [0.29, 0.717) is 5.92 Å². The number of rotatable bonds is 6. The molecule has 2 unspecified atom stereocenters. The summed E-state index contributed by atoms with van der Waals surface area (Å²) in [7, 11) is 0. The van der Waals surface area contributed by atoms with E-state index in [1.165, 1.54) is 5.56 Å². The van der Waals surface area contributed by atoms with E-state index in [1.807, 2.05) is 19.1 Å². The van der Waals surface area contributed by atoms with Gasteiger partial charge in [-0.25, -0.2) is 4.79 Å². The predicted octanol–water partition coefficient (Wildman–Crippen LogP) is 3.36. The average Bonchev–Trinajstić information content (AvgIpc) is 2.35. The first kappa shape index (κ1) is 13.7. The Morgan fingerprint density at radius 2 is 1.76 bits per heavy atom. The van der Waals surface area contributed by atoms with Gasteiger partial charge in [-0.1, -0.05) is 38.1 Å². The minimum absolute atomic E-state index is 0.183. The van der Waals surface area contributed by atoms with Crippen molar-refractivity contribution in [3.63, 3.8) is 0 Å². The van der Waals surface area contributed by atoms with Crippen molar-refractivity contribution in [3.05, 3.63) is 35.4 Å². The molecule has 0 saturated carbocycles. The molecule has 1 aromatic rings. The van der Waals surface area contributed by atoms with Crippen LogP contribution in [0.5, 0.6) is 0 Å². The first-order valence-electron chi connectivity index (χ1n) is 5.97. The molecule has 2 atom stereocenters. The van der Waals surface area contributed by atoms with Crippen LogP contribution in [-0.4, -0.2) is 17.7 Å². The van der Waals surface area contributed by atoms with E-state index in [9.17, 15) is 4.79 Å². The molecule has 0 saturated heterocycles. The summed E-state index contributed by atoms with van der Waals surface area (Å²) in [5.74, 6) is -0.382. The zero-order chi connectivity index (χ0) is 12.8. The molecule has 0 aliphatic rings. The first-order chi connectivity index (χ1) is 8.04. The maximum absolute atomic E-state index is 10.4. The molecule has 0 fully saturated rings. The zero-order valence-corrected chi connectivity index (χ0v) is 10.6. The van der Waals surface area contributed by atoms with E-state index < -0.39 is 5.97 Å². The van der Waals surface area contributed by atoms with Crippen LogP contribution in [0, 0.1) is 0 Å². The number of ether oxygens (including phenoxy) is 1. The summed E-state index contributed by atoms with van der Waals surface area (Å²) in [6, 6.07) is 8.19. The molecule has 0 aliphatic heterocycles. The Hall–Kier alpha value is -1.35. The topological polar surface area (TPSA) is 46.5 Å². The molecule has 0 bridgehead atoms. The minimum Gasteiger partial charge on any atom is -0.480 e. The highest BCUT2D eigenvalue weighted by Crippen LogP contribution is 2.22. The molecule has 0 aliphatic carbocycles. The second-order valence-corrected chi connectivity index (χ2v) is 4.32. The van der Waals surface area contributed by atoms with Gasteiger partial charge in [0.15, 0.2) is 0 Å². The van der Waals surface area contributed by atoms with Crippen LogP contribution in [-0.2, 0) is 9.53 Å². The van der Waals surface area contributed by atoms with E-state index in [-0.39, 0.29) is 12.7 Å². The normalized spacial score (nSPS) is 14.3.